The van der Waals surface area contributed by atoms with Gasteiger partial charge in [-0.3, -0.25) is 4.79 Å². The second-order valence-electron chi connectivity index (χ2n) is 7.61. The van der Waals surface area contributed by atoms with Gasteiger partial charge in [-0.15, -0.1) is 0 Å². The van der Waals surface area contributed by atoms with E-state index in [2.05, 4.69) is 65.5 Å². The van der Waals surface area contributed by atoms with Crippen molar-refractivity contribution in [2.75, 3.05) is 48.8 Å². The molecule has 0 radical (unpaired) electrons. The standard InChI is InChI=1S/C23H25BrN6O/c1-16(31)17-4-3-5-19(14-17)26-22-21(24)15-25-23(28-22)27-18-6-8-20(9-7-18)30-12-10-29(2)11-13-30/h3-9,14-15H,10-13H2,1-2H3,(H2,25,26,27,28). The molecule has 3 aromatic rings. The quantitative estimate of drug-likeness (QED) is 0.496. The van der Waals surface area contributed by atoms with Gasteiger partial charge in [-0.2, -0.15) is 4.98 Å². The van der Waals surface area contributed by atoms with E-state index in [1.54, 1.807) is 25.3 Å². The third kappa shape index (κ3) is 5.39. The zero-order valence-corrected chi connectivity index (χ0v) is 19.2. The highest BCUT2D eigenvalue weighted by Gasteiger charge is 2.14. The fourth-order valence-electron chi connectivity index (χ4n) is 3.42. The lowest BCUT2D eigenvalue weighted by atomic mass is 10.1. The summed E-state index contributed by atoms with van der Waals surface area (Å²) in [6.07, 6.45) is 1.70. The van der Waals surface area contributed by atoms with Crippen LogP contribution in [0.4, 0.5) is 28.8 Å². The SMILES string of the molecule is CC(=O)c1cccc(Nc2nc(Nc3ccc(N4CCN(C)CC4)cc3)ncc2Br)c1. The minimum absolute atomic E-state index is 0.0211. The molecule has 0 unspecified atom stereocenters. The molecule has 0 aliphatic carbocycles. The number of nitrogens with zero attached hydrogens (tertiary/aromatic N) is 4. The average Bonchev–Trinajstić information content (AvgIpc) is 2.77. The highest BCUT2D eigenvalue weighted by molar-refractivity contribution is 9.10. The van der Waals surface area contributed by atoms with Crippen LogP contribution in [0.15, 0.2) is 59.2 Å². The van der Waals surface area contributed by atoms with Crippen LogP contribution in [-0.4, -0.2) is 53.9 Å². The second-order valence-corrected chi connectivity index (χ2v) is 8.47. The Morgan fingerprint density at radius 1 is 1.00 bits per heavy atom. The van der Waals surface area contributed by atoms with Gasteiger partial charge >= 0.3 is 0 Å². The van der Waals surface area contributed by atoms with E-state index in [1.165, 1.54) is 5.69 Å². The van der Waals surface area contributed by atoms with Crippen LogP contribution >= 0.6 is 15.9 Å². The van der Waals surface area contributed by atoms with Crippen molar-refractivity contribution in [2.45, 2.75) is 6.92 Å². The molecule has 2 N–H and O–H groups in total. The molecule has 160 valence electrons. The van der Waals surface area contributed by atoms with E-state index >= 15 is 0 Å². The van der Waals surface area contributed by atoms with Gasteiger partial charge in [0.25, 0.3) is 0 Å². The number of Topliss-reactive ketones (excluding diaryl/α,β-unsaturated/α-hetero) is 1. The monoisotopic (exact) mass is 480 g/mol. The highest BCUT2D eigenvalue weighted by Crippen LogP contribution is 2.26. The summed E-state index contributed by atoms with van der Waals surface area (Å²) in [5, 5.41) is 6.51. The molecular formula is C23H25BrN6O. The zero-order valence-electron chi connectivity index (χ0n) is 17.6. The van der Waals surface area contributed by atoms with E-state index < -0.39 is 0 Å². The zero-order chi connectivity index (χ0) is 21.8. The normalized spacial score (nSPS) is 14.4. The van der Waals surface area contributed by atoms with Gasteiger partial charge in [0, 0.05) is 55.0 Å². The first kappa shape index (κ1) is 21.3. The van der Waals surface area contributed by atoms with Gasteiger partial charge in [-0.1, -0.05) is 12.1 Å². The Balaban J connectivity index is 1.46. The first-order valence-electron chi connectivity index (χ1n) is 10.2. The largest absolute Gasteiger partial charge is 0.369 e. The molecule has 1 aliphatic heterocycles. The number of hydrogen-bond acceptors (Lipinski definition) is 7. The molecule has 4 rings (SSSR count). The molecule has 31 heavy (non-hydrogen) atoms. The van der Waals surface area contributed by atoms with Crippen molar-refractivity contribution in [3.05, 3.63) is 64.8 Å². The van der Waals surface area contributed by atoms with E-state index in [4.69, 9.17) is 0 Å². The lowest BCUT2D eigenvalue weighted by molar-refractivity contribution is 0.101. The third-order valence-corrected chi connectivity index (χ3v) is 5.85. The van der Waals surface area contributed by atoms with Gasteiger partial charge in [-0.25, -0.2) is 4.98 Å². The van der Waals surface area contributed by atoms with Gasteiger partial charge in [0.15, 0.2) is 5.78 Å². The number of carbonyl (C=O) groups is 1. The van der Waals surface area contributed by atoms with Crippen molar-refractivity contribution in [3.8, 4) is 0 Å². The molecule has 0 atom stereocenters. The summed E-state index contributed by atoms with van der Waals surface area (Å²) < 4.78 is 0.733. The lowest BCUT2D eigenvalue weighted by Gasteiger charge is -2.34. The van der Waals surface area contributed by atoms with Crippen LogP contribution < -0.4 is 15.5 Å². The molecule has 0 saturated carbocycles. The smallest absolute Gasteiger partial charge is 0.229 e. The molecule has 7 nitrogen and oxygen atoms in total. The van der Waals surface area contributed by atoms with Crippen molar-refractivity contribution in [3.63, 3.8) is 0 Å². The first-order chi connectivity index (χ1) is 15.0. The van der Waals surface area contributed by atoms with Crippen molar-refractivity contribution in [1.29, 1.82) is 0 Å². The van der Waals surface area contributed by atoms with Crippen LogP contribution in [0.2, 0.25) is 0 Å². The third-order valence-electron chi connectivity index (χ3n) is 5.27. The Hall–Kier alpha value is -2.97. The topological polar surface area (TPSA) is 73.4 Å². The van der Waals surface area contributed by atoms with Crippen LogP contribution in [0, 0.1) is 0 Å². The maximum absolute atomic E-state index is 11.6. The second kappa shape index (κ2) is 9.45. The number of carbonyl (C=O) groups excluding carboxylic acids is 1. The maximum atomic E-state index is 11.6. The Kier molecular flexibility index (Phi) is 6.48. The van der Waals surface area contributed by atoms with Gasteiger partial charge < -0.3 is 20.4 Å². The molecular weight excluding hydrogens is 456 g/mol. The van der Waals surface area contributed by atoms with E-state index in [0.29, 0.717) is 17.3 Å². The molecule has 1 aromatic heterocycles. The summed E-state index contributed by atoms with van der Waals surface area (Å²) in [5.74, 6) is 1.13. The Bertz CT molecular complexity index is 1060. The summed E-state index contributed by atoms with van der Waals surface area (Å²) in [6.45, 7) is 5.80. The molecule has 1 fully saturated rings. The van der Waals surface area contributed by atoms with E-state index in [0.717, 1.165) is 42.0 Å². The van der Waals surface area contributed by atoms with Crippen molar-refractivity contribution >= 4 is 50.5 Å². The molecule has 8 heteroatoms. The van der Waals surface area contributed by atoms with Crippen LogP contribution in [0.5, 0.6) is 0 Å². The molecule has 0 spiro atoms. The van der Waals surface area contributed by atoms with Gasteiger partial charge in [0.2, 0.25) is 5.95 Å². The van der Waals surface area contributed by atoms with Gasteiger partial charge in [-0.05, 0) is 66.3 Å². The van der Waals surface area contributed by atoms with Crippen LogP contribution in [0.1, 0.15) is 17.3 Å². The fourth-order valence-corrected chi connectivity index (χ4v) is 3.71. The summed E-state index contributed by atoms with van der Waals surface area (Å²) in [4.78, 5) is 25.3. The van der Waals surface area contributed by atoms with E-state index in [1.807, 2.05) is 24.3 Å². The van der Waals surface area contributed by atoms with E-state index in [9.17, 15) is 4.79 Å². The number of anilines is 5. The minimum atomic E-state index is 0.0211. The van der Waals surface area contributed by atoms with E-state index in [-0.39, 0.29) is 5.78 Å². The number of halogens is 1. The van der Waals surface area contributed by atoms with Crippen molar-refractivity contribution in [1.82, 2.24) is 14.9 Å². The minimum Gasteiger partial charge on any atom is -0.369 e. The molecule has 0 bridgehead atoms. The molecule has 1 aliphatic rings. The summed E-state index contributed by atoms with van der Waals surface area (Å²) >= 11 is 3.49. The Labute approximate surface area is 190 Å². The predicted molar refractivity (Wildman–Crippen MR) is 129 cm³/mol. The number of rotatable bonds is 6. The fraction of sp³-hybridized carbons (Fsp3) is 0.261. The number of likely N-dealkylation sites (N-methyl/N-ethyl adjacent to an activating group) is 1. The molecule has 0 amide bonds. The predicted octanol–water partition coefficient (Wildman–Crippen LogP) is 4.68. The number of ketones is 1. The highest BCUT2D eigenvalue weighted by atomic mass is 79.9. The van der Waals surface area contributed by atoms with Crippen molar-refractivity contribution < 1.29 is 4.79 Å². The van der Waals surface area contributed by atoms with Gasteiger partial charge in [0.1, 0.15) is 5.82 Å². The number of benzene rings is 2. The van der Waals surface area contributed by atoms with Crippen LogP contribution in [0.25, 0.3) is 0 Å². The van der Waals surface area contributed by atoms with Gasteiger partial charge in [0.05, 0.1) is 4.47 Å². The summed E-state index contributed by atoms with van der Waals surface area (Å²) in [5.41, 5.74) is 3.58. The Morgan fingerprint density at radius 2 is 1.74 bits per heavy atom. The number of piperazine rings is 1. The Morgan fingerprint density at radius 3 is 2.45 bits per heavy atom. The average molecular weight is 481 g/mol. The lowest BCUT2D eigenvalue weighted by Crippen LogP contribution is -2.44. The van der Waals surface area contributed by atoms with Crippen molar-refractivity contribution in [2.24, 2.45) is 0 Å². The molecule has 1 saturated heterocycles. The summed E-state index contributed by atoms with van der Waals surface area (Å²) in [7, 11) is 2.16. The number of nitrogens with one attached hydrogen (secondary N) is 2. The number of aromatic nitrogens is 2. The maximum Gasteiger partial charge on any atom is 0.229 e. The van der Waals surface area contributed by atoms with Crippen LogP contribution in [-0.2, 0) is 0 Å². The van der Waals surface area contributed by atoms with Crippen LogP contribution in [0.3, 0.4) is 0 Å². The summed E-state index contributed by atoms with van der Waals surface area (Å²) in [6, 6.07) is 15.7. The molecule has 2 aromatic carbocycles. The molecule has 2 heterocycles. The first-order valence-corrected chi connectivity index (χ1v) is 11.0. The number of hydrogen-bond donors (Lipinski definition) is 2.